The summed E-state index contributed by atoms with van der Waals surface area (Å²) in [6, 6.07) is 18.6. The third kappa shape index (κ3) is 4.32. The minimum absolute atomic E-state index is 0.170. The Hall–Kier alpha value is -0.946. The second-order valence-electron chi connectivity index (χ2n) is 15.0. The van der Waals surface area contributed by atoms with Gasteiger partial charge in [0.2, 0.25) is 0 Å². The topological polar surface area (TPSA) is 18.5 Å². The van der Waals surface area contributed by atoms with Gasteiger partial charge in [0.05, 0.1) is 0 Å². The Morgan fingerprint density at radius 1 is 0.632 bits per heavy atom. The second-order valence-corrected chi connectivity index (χ2v) is 32.4. The molecule has 0 radical (unpaired) electrons. The summed E-state index contributed by atoms with van der Waals surface area (Å²) < 4.78 is 15.8. The Balaban J connectivity index is 1.79. The van der Waals surface area contributed by atoms with E-state index in [4.69, 9.17) is 8.85 Å². The fourth-order valence-corrected chi connectivity index (χ4v) is 17.8. The van der Waals surface area contributed by atoms with Crippen molar-refractivity contribution < 1.29 is 32.1 Å². The summed E-state index contributed by atoms with van der Waals surface area (Å²) in [6.45, 7) is 29.1. The average Bonchev–Trinajstić information content (AvgIpc) is 3.26. The van der Waals surface area contributed by atoms with E-state index in [0.29, 0.717) is 7.25 Å². The van der Waals surface area contributed by atoms with E-state index in [1.807, 2.05) is 0 Å². The molecule has 2 atom stereocenters. The quantitative estimate of drug-likeness (QED) is 0.311. The van der Waals surface area contributed by atoms with E-state index >= 15 is 0 Å². The number of fused-ring (bicyclic) bond motifs is 8. The fraction of sp³-hybridized carbons (Fsp3) is 0.500. The van der Waals surface area contributed by atoms with Gasteiger partial charge in [-0.25, -0.2) is 0 Å². The van der Waals surface area contributed by atoms with Crippen molar-refractivity contribution in [3.05, 3.63) is 82.3 Å². The van der Waals surface area contributed by atoms with E-state index < -0.39 is 47.9 Å². The van der Waals surface area contributed by atoms with Crippen molar-refractivity contribution in [3.8, 4) is 0 Å². The standard InChI is InChI=1S/C32H46O2Si3.Zr/c1-31(2,3)36(9,10)33-27-21-23-17-13-15-19-25(23)29(27)35(7,8)30-26-20-16-14-18-24(26)22-28(30)34-37(11,12)32(4,5)6;/h13-22H,1-12H3;. The predicted molar refractivity (Wildman–Crippen MR) is 166 cm³/mol. The molecule has 0 aromatic heterocycles. The van der Waals surface area contributed by atoms with Gasteiger partial charge in [-0.1, -0.05) is 0 Å². The molecule has 2 aliphatic carbocycles. The number of rotatable bonds is 4. The molecule has 0 saturated heterocycles. The van der Waals surface area contributed by atoms with Crippen LogP contribution in [0.5, 0.6) is 0 Å². The van der Waals surface area contributed by atoms with E-state index in [2.05, 4.69) is 129 Å². The first kappa shape index (κ1) is 28.6. The maximum absolute atomic E-state index is 7.44. The van der Waals surface area contributed by atoms with Gasteiger partial charge in [-0.2, -0.15) is 0 Å². The van der Waals surface area contributed by atoms with Crippen molar-refractivity contribution in [1.82, 2.24) is 0 Å². The molecule has 0 spiro atoms. The van der Waals surface area contributed by atoms with Crippen molar-refractivity contribution in [3.63, 3.8) is 0 Å². The molecule has 0 unspecified atom stereocenters. The Morgan fingerprint density at radius 2 is 0.974 bits per heavy atom. The molecule has 4 bridgehead atoms. The molecule has 2 aromatic rings. The zero-order chi connectivity index (χ0) is 28.1. The molecule has 0 fully saturated rings. The first-order chi connectivity index (χ1) is 17.4. The molecule has 1 heterocycles. The normalized spacial score (nSPS) is 22.4. The number of benzene rings is 2. The van der Waals surface area contributed by atoms with Crippen LogP contribution in [0.3, 0.4) is 0 Å². The summed E-state index contributed by atoms with van der Waals surface area (Å²) in [6.07, 6.45) is 0. The van der Waals surface area contributed by atoms with Crippen molar-refractivity contribution in [2.75, 3.05) is 0 Å². The van der Waals surface area contributed by atoms with Gasteiger partial charge in [-0.05, 0) is 0 Å². The van der Waals surface area contributed by atoms with Gasteiger partial charge in [0.1, 0.15) is 0 Å². The van der Waals surface area contributed by atoms with Crippen LogP contribution in [0, 0.1) is 0 Å². The minimum atomic E-state index is -2.21. The Morgan fingerprint density at radius 3 is 1.32 bits per heavy atom. The summed E-state index contributed by atoms with van der Waals surface area (Å²) in [5.74, 6) is 2.76. The van der Waals surface area contributed by atoms with Gasteiger partial charge in [-0.3, -0.25) is 0 Å². The number of hydrogen-bond acceptors (Lipinski definition) is 2. The monoisotopic (exact) mass is 636 g/mol. The molecule has 0 saturated carbocycles. The van der Waals surface area contributed by atoms with Crippen LogP contribution in [0.25, 0.3) is 10.4 Å². The van der Waals surface area contributed by atoms with Crippen LogP contribution in [0.2, 0.25) is 49.4 Å². The third-order valence-electron chi connectivity index (χ3n) is 10.0. The van der Waals surface area contributed by atoms with Crippen molar-refractivity contribution in [2.45, 2.75) is 98.2 Å². The van der Waals surface area contributed by atoms with E-state index in [1.165, 1.54) is 22.6 Å². The van der Waals surface area contributed by atoms with E-state index in [9.17, 15) is 0 Å². The Kier molecular flexibility index (Phi) is 6.79. The van der Waals surface area contributed by atoms with Crippen molar-refractivity contribution >= 4 is 35.1 Å². The van der Waals surface area contributed by atoms with E-state index in [1.54, 1.807) is 21.5 Å². The summed E-state index contributed by atoms with van der Waals surface area (Å²) in [5.41, 5.74) is 6.04. The molecule has 3 aliphatic rings. The van der Waals surface area contributed by atoms with Gasteiger partial charge >= 0.3 is 248 Å². The molecule has 2 aromatic carbocycles. The molecule has 5 rings (SSSR count). The summed E-state index contributed by atoms with van der Waals surface area (Å²) in [4.78, 5) is 0. The molecular formula is C32H46O2Si3Zr. The first-order valence-electron chi connectivity index (χ1n) is 14.2. The predicted octanol–water partition coefficient (Wildman–Crippen LogP) is 9.84. The van der Waals surface area contributed by atoms with Crippen LogP contribution in [0.4, 0.5) is 0 Å². The average molecular weight is 638 g/mol. The van der Waals surface area contributed by atoms with Crippen LogP contribution >= 0.6 is 0 Å². The zero-order valence-electron chi connectivity index (χ0n) is 25.6. The van der Waals surface area contributed by atoms with Gasteiger partial charge < -0.3 is 0 Å². The van der Waals surface area contributed by atoms with Crippen LogP contribution in [-0.2, 0) is 32.1 Å². The van der Waals surface area contributed by atoms with Gasteiger partial charge in [-0.15, -0.1) is 0 Å². The summed E-state index contributed by atoms with van der Waals surface area (Å²) in [7, 11) is -6.23. The van der Waals surface area contributed by atoms with Crippen LogP contribution in [0.1, 0.15) is 71.0 Å². The molecule has 2 nitrogen and oxygen atoms in total. The third-order valence-corrected chi connectivity index (χ3v) is 26.7. The van der Waals surface area contributed by atoms with Crippen LogP contribution in [0.15, 0.2) is 60.0 Å². The van der Waals surface area contributed by atoms with Crippen molar-refractivity contribution in [2.24, 2.45) is 0 Å². The first-order valence-corrected chi connectivity index (χ1v) is 25.9. The summed E-state index contributed by atoms with van der Waals surface area (Å²) >= 11 is -1.11. The SMILES string of the molecule is CC(C)(C)[Si](C)(C)OC1=C2c3ccccc3[C@@H]1[Zr][C@H]1C(O[Si](C)(C)C(C)(C)C)=C(c3ccccc31)[Si]2(C)C. The zero-order valence-corrected chi connectivity index (χ0v) is 31.0. The summed E-state index contributed by atoms with van der Waals surface area (Å²) in [5, 5.41) is 3.46. The number of allylic oxidation sites excluding steroid dienone is 2. The fourth-order valence-electron chi connectivity index (χ4n) is 5.78. The molecule has 0 N–H and O–H groups in total. The van der Waals surface area contributed by atoms with Gasteiger partial charge in [0.15, 0.2) is 0 Å². The van der Waals surface area contributed by atoms with Crippen molar-refractivity contribution in [1.29, 1.82) is 0 Å². The molecule has 6 heteroatoms. The van der Waals surface area contributed by atoms with E-state index in [0.717, 1.165) is 0 Å². The molecule has 0 amide bonds. The van der Waals surface area contributed by atoms with Crippen LogP contribution < -0.4 is 0 Å². The Bertz CT molecular complexity index is 1250. The molecular weight excluding hydrogens is 592 g/mol. The van der Waals surface area contributed by atoms with Crippen LogP contribution in [-0.4, -0.2) is 24.7 Å². The Labute approximate surface area is 246 Å². The second kappa shape index (κ2) is 9.03. The molecule has 38 heavy (non-hydrogen) atoms. The molecule has 1 aliphatic heterocycles. The maximum atomic E-state index is 7.44. The van der Waals surface area contributed by atoms with E-state index in [-0.39, 0.29) is 10.1 Å². The van der Waals surface area contributed by atoms with Gasteiger partial charge in [0, 0.05) is 0 Å². The molecule has 202 valence electrons. The van der Waals surface area contributed by atoms with Gasteiger partial charge in [0.25, 0.3) is 0 Å². The number of hydrogen-bond donors (Lipinski definition) is 0.